The van der Waals surface area contributed by atoms with E-state index in [1.54, 1.807) is 24.1 Å². The molecule has 1 aliphatic carbocycles. The van der Waals surface area contributed by atoms with Gasteiger partial charge in [0.1, 0.15) is 5.82 Å². The molecule has 1 saturated carbocycles. The molecule has 5 nitrogen and oxygen atoms in total. The Bertz CT molecular complexity index is 456. The first-order valence-corrected chi connectivity index (χ1v) is 6.68. The lowest BCUT2D eigenvalue weighted by atomic mass is 9.91. The molecule has 3 N–H and O–H groups in total. The van der Waals surface area contributed by atoms with Gasteiger partial charge in [-0.1, -0.05) is 12.8 Å². The van der Waals surface area contributed by atoms with Gasteiger partial charge in [0, 0.05) is 18.3 Å². The Balaban J connectivity index is 2.18. The first-order chi connectivity index (χ1) is 8.99. The number of hydrogen-bond acceptors (Lipinski definition) is 4. The summed E-state index contributed by atoms with van der Waals surface area (Å²) in [6.07, 6.45) is 3.27. The molecule has 1 aromatic heterocycles. The number of nitrogens with two attached hydrogens (primary N) is 1. The normalized spacial score (nSPS) is 23.1. The molecule has 5 heteroatoms. The molecule has 0 bridgehead atoms. The molecule has 0 spiro atoms. The van der Waals surface area contributed by atoms with Gasteiger partial charge in [0.25, 0.3) is 5.91 Å². The Morgan fingerprint density at radius 1 is 1.42 bits per heavy atom. The summed E-state index contributed by atoms with van der Waals surface area (Å²) in [5.41, 5.74) is 6.93. The topological polar surface area (TPSA) is 79.5 Å². The monoisotopic (exact) mass is 263 g/mol. The van der Waals surface area contributed by atoms with E-state index in [2.05, 4.69) is 4.98 Å². The van der Waals surface area contributed by atoms with Crippen LogP contribution in [-0.2, 0) is 0 Å². The van der Waals surface area contributed by atoms with Gasteiger partial charge in [-0.15, -0.1) is 0 Å². The van der Waals surface area contributed by atoms with E-state index in [4.69, 9.17) is 5.73 Å². The Morgan fingerprint density at radius 3 is 2.74 bits per heavy atom. The minimum absolute atomic E-state index is 0.101. The lowest BCUT2D eigenvalue weighted by Gasteiger charge is -2.35. The minimum atomic E-state index is -0.428. The highest BCUT2D eigenvalue weighted by Crippen LogP contribution is 2.23. The van der Waals surface area contributed by atoms with Gasteiger partial charge in [0.05, 0.1) is 12.1 Å². The van der Waals surface area contributed by atoms with E-state index >= 15 is 0 Å². The van der Waals surface area contributed by atoms with Crippen LogP contribution in [0.4, 0.5) is 5.82 Å². The van der Waals surface area contributed by atoms with E-state index in [1.165, 1.54) is 0 Å². The molecule has 0 saturated heterocycles. The fraction of sp³-hybridized carbons (Fsp3) is 0.571. The zero-order valence-corrected chi connectivity index (χ0v) is 11.5. The van der Waals surface area contributed by atoms with Crippen molar-refractivity contribution in [3.63, 3.8) is 0 Å². The van der Waals surface area contributed by atoms with E-state index < -0.39 is 6.10 Å². The Morgan fingerprint density at radius 2 is 2.11 bits per heavy atom. The molecule has 1 amide bonds. The van der Waals surface area contributed by atoms with Crippen molar-refractivity contribution in [1.82, 2.24) is 9.88 Å². The van der Waals surface area contributed by atoms with Gasteiger partial charge in [-0.05, 0) is 31.9 Å². The van der Waals surface area contributed by atoms with Gasteiger partial charge in [-0.25, -0.2) is 4.98 Å². The van der Waals surface area contributed by atoms with Gasteiger partial charge in [-0.3, -0.25) is 4.79 Å². The molecule has 0 radical (unpaired) electrons. The van der Waals surface area contributed by atoms with Crippen LogP contribution in [-0.4, -0.2) is 40.1 Å². The number of amides is 1. The molecule has 1 fully saturated rings. The fourth-order valence-electron chi connectivity index (χ4n) is 2.72. The Labute approximate surface area is 113 Å². The number of carbonyl (C=O) groups is 1. The van der Waals surface area contributed by atoms with E-state index in [0.717, 1.165) is 31.4 Å². The molecular weight excluding hydrogens is 242 g/mol. The average Bonchev–Trinajstić information content (AvgIpc) is 2.36. The van der Waals surface area contributed by atoms with Crippen LogP contribution in [0.1, 0.15) is 41.7 Å². The van der Waals surface area contributed by atoms with Crippen LogP contribution < -0.4 is 5.73 Å². The van der Waals surface area contributed by atoms with E-state index in [9.17, 15) is 9.90 Å². The number of nitrogens with zero attached hydrogens (tertiary/aromatic N) is 2. The highest BCUT2D eigenvalue weighted by molar-refractivity contribution is 5.95. The molecule has 1 aromatic rings. The van der Waals surface area contributed by atoms with Gasteiger partial charge in [-0.2, -0.15) is 0 Å². The van der Waals surface area contributed by atoms with Crippen LogP contribution in [0.25, 0.3) is 0 Å². The second-order valence-electron chi connectivity index (χ2n) is 5.26. The first-order valence-electron chi connectivity index (χ1n) is 6.68. The second kappa shape index (κ2) is 5.57. The molecule has 2 atom stereocenters. The number of hydrogen-bond donors (Lipinski definition) is 2. The number of pyridine rings is 1. The summed E-state index contributed by atoms with van der Waals surface area (Å²) in [5.74, 6) is 0.240. The predicted octanol–water partition coefficient (Wildman–Crippen LogP) is 1.35. The number of carbonyl (C=O) groups excluding carboxylic acids is 1. The molecule has 0 aromatic carbocycles. The number of anilines is 1. The van der Waals surface area contributed by atoms with Crippen LogP contribution >= 0.6 is 0 Å². The summed E-state index contributed by atoms with van der Waals surface area (Å²) in [6.45, 7) is 1.81. The van der Waals surface area contributed by atoms with Crippen LogP contribution in [0, 0.1) is 6.92 Å². The highest BCUT2D eigenvalue weighted by Gasteiger charge is 2.29. The maximum atomic E-state index is 12.4. The Hall–Kier alpha value is -1.62. The third kappa shape index (κ3) is 3.04. The highest BCUT2D eigenvalue weighted by atomic mass is 16.3. The number of aliphatic hydroxyl groups excluding tert-OH is 1. The van der Waals surface area contributed by atoms with E-state index in [0.29, 0.717) is 11.4 Å². The number of aromatic nitrogens is 1. The molecule has 1 heterocycles. The number of aryl methyl sites for hydroxylation is 1. The molecule has 2 unspecified atom stereocenters. The van der Waals surface area contributed by atoms with Gasteiger partial charge >= 0.3 is 0 Å². The number of aliphatic hydroxyl groups is 1. The second-order valence-corrected chi connectivity index (χ2v) is 5.26. The zero-order valence-electron chi connectivity index (χ0n) is 11.5. The number of rotatable bonds is 2. The van der Waals surface area contributed by atoms with Crippen molar-refractivity contribution in [2.75, 3.05) is 12.8 Å². The van der Waals surface area contributed by atoms with Crippen molar-refractivity contribution in [2.24, 2.45) is 0 Å². The molecule has 1 aliphatic rings. The van der Waals surface area contributed by atoms with E-state index in [-0.39, 0.29) is 11.9 Å². The third-order valence-electron chi connectivity index (χ3n) is 3.73. The summed E-state index contributed by atoms with van der Waals surface area (Å²) >= 11 is 0. The van der Waals surface area contributed by atoms with Crippen molar-refractivity contribution in [3.8, 4) is 0 Å². The lowest BCUT2D eigenvalue weighted by Crippen LogP contribution is -2.46. The number of likely N-dealkylation sites (N-methyl/N-ethyl adjacent to an activating group) is 1. The maximum Gasteiger partial charge on any atom is 0.254 e. The van der Waals surface area contributed by atoms with Crippen LogP contribution in [0.2, 0.25) is 0 Å². The summed E-state index contributed by atoms with van der Waals surface area (Å²) < 4.78 is 0. The quantitative estimate of drug-likeness (QED) is 0.844. The van der Waals surface area contributed by atoms with Crippen LogP contribution in [0.15, 0.2) is 12.1 Å². The standard InChI is InChI=1S/C14H21N3O2/c1-9-7-10(8-13(15)16-9)14(19)17(2)11-5-3-4-6-12(11)18/h7-8,11-12,18H,3-6H2,1-2H3,(H2,15,16). The molecule has 104 valence electrons. The maximum absolute atomic E-state index is 12.4. The predicted molar refractivity (Wildman–Crippen MR) is 73.7 cm³/mol. The Kier molecular flexibility index (Phi) is 4.04. The van der Waals surface area contributed by atoms with Crippen molar-refractivity contribution in [2.45, 2.75) is 44.8 Å². The summed E-state index contributed by atoms with van der Waals surface area (Å²) in [6, 6.07) is 3.21. The molecule has 2 rings (SSSR count). The van der Waals surface area contributed by atoms with Crippen molar-refractivity contribution in [1.29, 1.82) is 0 Å². The summed E-state index contributed by atoms with van der Waals surface area (Å²) in [4.78, 5) is 18.1. The molecule has 0 aliphatic heterocycles. The van der Waals surface area contributed by atoms with Crippen molar-refractivity contribution >= 4 is 11.7 Å². The minimum Gasteiger partial charge on any atom is -0.391 e. The summed E-state index contributed by atoms with van der Waals surface area (Å²) in [5, 5.41) is 10.0. The van der Waals surface area contributed by atoms with E-state index in [1.807, 2.05) is 6.92 Å². The molecule has 19 heavy (non-hydrogen) atoms. The molecular formula is C14H21N3O2. The third-order valence-corrected chi connectivity index (χ3v) is 3.73. The van der Waals surface area contributed by atoms with Gasteiger partial charge in [0.2, 0.25) is 0 Å². The smallest absolute Gasteiger partial charge is 0.254 e. The lowest BCUT2D eigenvalue weighted by molar-refractivity contribution is 0.0268. The van der Waals surface area contributed by atoms with Gasteiger partial charge in [0.15, 0.2) is 0 Å². The number of nitrogen functional groups attached to an aromatic ring is 1. The van der Waals surface area contributed by atoms with Gasteiger partial charge < -0.3 is 15.7 Å². The SMILES string of the molecule is Cc1cc(C(=O)N(C)C2CCCCC2O)cc(N)n1. The summed E-state index contributed by atoms with van der Waals surface area (Å²) in [7, 11) is 1.74. The first kappa shape index (κ1) is 13.8. The largest absolute Gasteiger partial charge is 0.391 e. The van der Waals surface area contributed by atoms with Crippen LogP contribution in [0.5, 0.6) is 0 Å². The fourth-order valence-corrected chi connectivity index (χ4v) is 2.72. The average molecular weight is 263 g/mol. The van der Waals surface area contributed by atoms with Crippen molar-refractivity contribution < 1.29 is 9.90 Å². The van der Waals surface area contributed by atoms with Crippen LogP contribution in [0.3, 0.4) is 0 Å². The van der Waals surface area contributed by atoms with Crippen molar-refractivity contribution in [3.05, 3.63) is 23.4 Å². The zero-order chi connectivity index (χ0) is 14.0.